The molecule has 1 unspecified atom stereocenters. The highest BCUT2D eigenvalue weighted by Gasteiger charge is 2.24. The van der Waals surface area contributed by atoms with Gasteiger partial charge in [0.05, 0.1) is 6.20 Å². The Kier molecular flexibility index (Phi) is 7.97. The van der Waals surface area contributed by atoms with E-state index in [1.807, 2.05) is 31.2 Å². The lowest BCUT2D eigenvalue weighted by atomic mass is 9.91. The van der Waals surface area contributed by atoms with E-state index in [2.05, 4.69) is 38.1 Å². The summed E-state index contributed by atoms with van der Waals surface area (Å²) in [5.41, 5.74) is 2.88. The first-order chi connectivity index (χ1) is 18.5. The molecule has 1 aromatic carbocycles. The van der Waals surface area contributed by atoms with Gasteiger partial charge in [-0.1, -0.05) is 23.8 Å². The van der Waals surface area contributed by atoms with E-state index < -0.39 is 0 Å². The highest BCUT2D eigenvalue weighted by molar-refractivity contribution is 6.32. The van der Waals surface area contributed by atoms with Gasteiger partial charge >= 0.3 is 6.03 Å². The molecule has 2 aromatic rings. The van der Waals surface area contributed by atoms with E-state index in [9.17, 15) is 9.59 Å². The molecule has 11 heteroatoms. The number of hydrogen-bond donors (Lipinski definition) is 3. The van der Waals surface area contributed by atoms with Gasteiger partial charge in [0.25, 0.3) is 5.91 Å². The molecule has 1 fully saturated rings. The van der Waals surface area contributed by atoms with E-state index in [-0.39, 0.29) is 18.5 Å². The molecule has 0 radical (unpaired) electrons. The number of fused-ring (bicyclic) bond motifs is 6. The van der Waals surface area contributed by atoms with Crippen LogP contribution in [0.3, 0.4) is 0 Å². The van der Waals surface area contributed by atoms with Crippen molar-refractivity contribution < 1.29 is 14.3 Å². The monoisotopic (exact) mass is 537 g/mol. The summed E-state index contributed by atoms with van der Waals surface area (Å²) in [4.78, 5) is 37.3. The number of anilines is 3. The van der Waals surface area contributed by atoms with Gasteiger partial charge in [0, 0.05) is 44.1 Å². The Bertz CT molecular complexity index is 1260. The van der Waals surface area contributed by atoms with Crippen molar-refractivity contribution in [3.8, 4) is 5.75 Å². The first-order valence-corrected chi connectivity index (χ1v) is 13.4. The fourth-order valence-electron chi connectivity index (χ4n) is 4.82. The number of halogens is 1. The molecule has 1 atom stereocenters. The second-order valence-electron chi connectivity index (χ2n) is 9.53. The van der Waals surface area contributed by atoms with Crippen molar-refractivity contribution in [3.63, 3.8) is 0 Å². The average molecular weight is 538 g/mol. The predicted molar refractivity (Wildman–Crippen MR) is 147 cm³/mol. The highest BCUT2D eigenvalue weighted by Crippen LogP contribution is 2.32. The standard InChI is InChI=1S/C27H32ClN7O3/c1-2-29-27(37)35-12-10-34(11-13-35)24(36)17-38-23-9-8-21-15-19(23)7-6-18-4-3-5-20(14-18)32-26-30-16-22(28)25(31-21)33-26/h3-5,8-9,15-16,18H,2,6-7,10-14,17H2,1H3,(H,29,37)(H2,30,31,32,33). The molecule has 3 amide bonds. The zero-order valence-corrected chi connectivity index (χ0v) is 22.1. The van der Waals surface area contributed by atoms with Crippen LogP contribution in [0.4, 0.5) is 22.2 Å². The lowest BCUT2D eigenvalue weighted by Crippen LogP contribution is -2.53. The summed E-state index contributed by atoms with van der Waals surface area (Å²) in [6.45, 7) is 4.43. The number of rotatable bonds is 4. The van der Waals surface area contributed by atoms with Crippen LogP contribution in [0.5, 0.6) is 5.75 Å². The Morgan fingerprint density at radius 1 is 1.18 bits per heavy atom. The van der Waals surface area contributed by atoms with Gasteiger partial charge in [0.1, 0.15) is 10.8 Å². The number of aryl methyl sites for hydroxylation is 1. The third-order valence-electron chi connectivity index (χ3n) is 6.89. The van der Waals surface area contributed by atoms with Crippen LogP contribution in [-0.4, -0.2) is 71.0 Å². The van der Waals surface area contributed by atoms with Gasteiger partial charge in [-0.05, 0) is 61.9 Å². The van der Waals surface area contributed by atoms with Crippen molar-refractivity contribution in [1.82, 2.24) is 25.1 Å². The van der Waals surface area contributed by atoms with Crippen molar-refractivity contribution in [2.45, 2.75) is 26.2 Å². The largest absolute Gasteiger partial charge is 0.483 e. The fraction of sp³-hybridized carbons (Fsp3) is 0.407. The van der Waals surface area contributed by atoms with E-state index in [1.54, 1.807) is 16.0 Å². The van der Waals surface area contributed by atoms with Crippen LogP contribution in [0, 0.1) is 5.92 Å². The molecule has 3 aliphatic rings. The van der Waals surface area contributed by atoms with E-state index in [0.29, 0.717) is 61.2 Å². The molecule has 10 nitrogen and oxygen atoms in total. The van der Waals surface area contributed by atoms with E-state index >= 15 is 0 Å². The second-order valence-corrected chi connectivity index (χ2v) is 9.94. The van der Waals surface area contributed by atoms with Crippen molar-refractivity contribution in [1.29, 1.82) is 0 Å². The zero-order chi connectivity index (χ0) is 26.5. The summed E-state index contributed by atoms with van der Waals surface area (Å²) in [5, 5.41) is 9.82. The van der Waals surface area contributed by atoms with E-state index in [1.165, 1.54) is 0 Å². The summed E-state index contributed by atoms with van der Waals surface area (Å²) in [6.07, 6.45) is 10.4. The summed E-state index contributed by atoms with van der Waals surface area (Å²) < 4.78 is 6.06. The third-order valence-corrected chi connectivity index (χ3v) is 7.16. The van der Waals surface area contributed by atoms with Crippen LogP contribution < -0.4 is 20.7 Å². The number of hydrogen-bond acceptors (Lipinski definition) is 7. The minimum atomic E-state index is -0.0877. The Hall–Kier alpha value is -3.79. The second kappa shape index (κ2) is 11.7. The number of nitrogens with zero attached hydrogens (tertiary/aromatic N) is 4. The molecule has 2 aliphatic heterocycles. The first kappa shape index (κ1) is 25.8. The normalized spacial score (nSPS) is 18.6. The number of nitrogens with one attached hydrogen (secondary N) is 3. The maximum atomic E-state index is 12.9. The summed E-state index contributed by atoms with van der Waals surface area (Å²) in [7, 11) is 0. The SMILES string of the molecule is CCNC(=O)N1CCN(C(=O)COc2ccc3cc2CCC2C=CC=C(C2)Nc2ncc(Cl)c(n2)N3)CC1. The summed E-state index contributed by atoms with van der Waals surface area (Å²) in [5.74, 6) is 1.94. The zero-order valence-electron chi connectivity index (χ0n) is 21.4. The lowest BCUT2D eigenvalue weighted by Gasteiger charge is -2.34. The van der Waals surface area contributed by atoms with Crippen LogP contribution in [0.25, 0.3) is 0 Å². The number of ether oxygens (including phenoxy) is 1. The quantitative estimate of drug-likeness (QED) is 0.541. The van der Waals surface area contributed by atoms with Gasteiger partial charge in [-0.3, -0.25) is 4.79 Å². The Labute approximate surface area is 227 Å². The summed E-state index contributed by atoms with van der Waals surface area (Å²) >= 11 is 6.37. The lowest BCUT2D eigenvalue weighted by molar-refractivity contribution is -0.134. The molecule has 6 bridgehead atoms. The predicted octanol–water partition coefficient (Wildman–Crippen LogP) is 3.94. The third kappa shape index (κ3) is 6.19. The number of amides is 3. The fourth-order valence-corrected chi connectivity index (χ4v) is 4.96. The molecular weight excluding hydrogens is 506 g/mol. The smallest absolute Gasteiger partial charge is 0.317 e. The number of carbonyl (C=O) groups excluding carboxylic acids is 2. The number of aromatic nitrogens is 2. The topological polar surface area (TPSA) is 112 Å². The van der Waals surface area contributed by atoms with Crippen LogP contribution in [0.15, 0.2) is 48.3 Å². The number of piperazine rings is 1. The van der Waals surface area contributed by atoms with Crippen LogP contribution >= 0.6 is 11.6 Å². The van der Waals surface area contributed by atoms with Crippen molar-refractivity contribution in [3.05, 3.63) is 58.9 Å². The maximum absolute atomic E-state index is 12.9. The Balaban J connectivity index is 1.29. The van der Waals surface area contributed by atoms with Gasteiger partial charge in [0.15, 0.2) is 12.4 Å². The van der Waals surface area contributed by atoms with Crippen molar-refractivity contribution in [2.75, 3.05) is 50.0 Å². The molecule has 1 aromatic heterocycles. The van der Waals surface area contributed by atoms with Crippen LogP contribution in [0.1, 0.15) is 25.3 Å². The number of benzene rings is 1. The molecule has 3 heterocycles. The molecule has 1 saturated heterocycles. The van der Waals surface area contributed by atoms with Gasteiger partial charge < -0.3 is 30.5 Å². The summed E-state index contributed by atoms with van der Waals surface area (Å²) in [6, 6.07) is 5.71. The average Bonchev–Trinajstić information content (AvgIpc) is 2.93. The maximum Gasteiger partial charge on any atom is 0.317 e. The Morgan fingerprint density at radius 3 is 2.82 bits per heavy atom. The van der Waals surface area contributed by atoms with E-state index in [0.717, 1.165) is 36.2 Å². The minimum absolute atomic E-state index is 0.0534. The molecule has 0 saturated carbocycles. The Morgan fingerprint density at radius 2 is 2.00 bits per heavy atom. The van der Waals surface area contributed by atoms with Crippen molar-refractivity contribution >= 4 is 41.0 Å². The number of urea groups is 1. The molecule has 200 valence electrons. The van der Waals surface area contributed by atoms with Gasteiger partial charge in [-0.15, -0.1) is 0 Å². The van der Waals surface area contributed by atoms with Crippen LogP contribution in [-0.2, 0) is 11.2 Å². The molecular formula is C27H32ClN7O3. The number of allylic oxidation sites excluding steroid dienone is 4. The van der Waals surface area contributed by atoms with Gasteiger partial charge in [-0.2, -0.15) is 4.98 Å². The first-order valence-electron chi connectivity index (χ1n) is 13.0. The van der Waals surface area contributed by atoms with Gasteiger partial charge in [-0.25, -0.2) is 9.78 Å². The van der Waals surface area contributed by atoms with Gasteiger partial charge in [0.2, 0.25) is 5.95 Å². The minimum Gasteiger partial charge on any atom is -0.483 e. The molecule has 0 spiro atoms. The van der Waals surface area contributed by atoms with E-state index in [4.69, 9.17) is 16.3 Å². The highest BCUT2D eigenvalue weighted by atomic mass is 35.5. The van der Waals surface area contributed by atoms with Crippen LogP contribution in [0.2, 0.25) is 5.02 Å². The van der Waals surface area contributed by atoms with Crippen molar-refractivity contribution in [2.24, 2.45) is 5.92 Å². The molecule has 1 aliphatic carbocycles. The number of carbonyl (C=O) groups is 2. The molecule has 3 N–H and O–H groups in total. The molecule has 38 heavy (non-hydrogen) atoms. The molecule has 5 rings (SSSR count).